The molecule has 0 unspecified atom stereocenters. The van der Waals surface area contributed by atoms with Gasteiger partial charge in [-0.3, -0.25) is 9.59 Å². The van der Waals surface area contributed by atoms with Crippen LogP contribution in [0.3, 0.4) is 0 Å². The Morgan fingerprint density at radius 2 is 1.08 bits per heavy atom. The van der Waals surface area contributed by atoms with Crippen LogP contribution in [0, 0.1) is 0 Å². The molecule has 0 aliphatic heterocycles. The van der Waals surface area contributed by atoms with Crippen LogP contribution in [0.25, 0.3) is 0 Å². The van der Waals surface area contributed by atoms with Crippen LogP contribution in [0.2, 0.25) is 5.28 Å². The first-order valence-corrected chi connectivity index (χ1v) is 8.52. The number of rotatable bonds is 9. The van der Waals surface area contributed by atoms with E-state index in [9.17, 15) is 29.4 Å². The van der Waals surface area contributed by atoms with E-state index >= 15 is 0 Å². The Balaban J connectivity index is -0.000000304. The Morgan fingerprint density at radius 3 is 1.16 bits per heavy atom. The van der Waals surface area contributed by atoms with Crippen molar-refractivity contribution in [2.75, 3.05) is 0 Å². The summed E-state index contributed by atoms with van der Waals surface area (Å²) in [4.78, 5) is 38.6. The molecule has 0 atom stereocenters. The summed E-state index contributed by atoms with van der Waals surface area (Å²) in [5.41, 5.74) is 0. The van der Waals surface area contributed by atoms with Gasteiger partial charge in [-0.15, -0.1) is 0 Å². The van der Waals surface area contributed by atoms with E-state index in [0.717, 1.165) is 5.28 Å². The van der Waals surface area contributed by atoms with Crippen molar-refractivity contribution in [2.45, 2.75) is 78.2 Å². The van der Waals surface area contributed by atoms with E-state index in [1.165, 1.54) is 13.8 Å². The molecule has 0 aliphatic carbocycles. The van der Waals surface area contributed by atoms with Crippen molar-refractivity contribution in [1.29, 1.82) is 0 Å². The number of carboxylic acid groups (broad SMARTS) is 2. The van der Waals surface area contributed by atoms with Crippen LogP contribution in [0.4, 0.5) is 0 Å². The summed E-state index contributed by atoms with van der Waals surface area (Å²) < 4.78 is 10.9. The number of aliphatic carboxylic acids is 2. The third kappa shape index (κ3) is 34.9. The van der Waals surface area contributed by atoms with Gasteiger partial charge < -0.3 is 19.8 Å². The molecule has 0 bridgehead atoms. The van der Waals surface area contributed by atoms with Gasteiger partial charge in [0.1, 0.15) is 11.6 Å². The van der Waals surface area contributed by atoms with Crippen LogP contribution in [0.1, 0.15) is 54.4 Å². The summed E-state index contributed by atoms with van der Waals surface area (Å²) in [6, 6.07) is 0. The Hall–Kier alpha value is -1.27. The zero-order valence-electron chi connectivity index (χ0n) is 15.7. The molecule has 0 saturated heterocycles. The number of hydrogen-bond acceptors (Lipinski definition) is 8. The minimum atomic E-state index is -1.31. The van der Waals surface area contributed by atoms with E-state index < -0.39 is 24.8 Å². The monoisotopic (exact) mass is 374 g/mol. The van der Waals surface area contributed by atoms with E-state index in [-0.39, 0.29) is 30.1 Å². The van der Waals surface area contributed by atoms with E-state index in [4.69, 9.17) is 9.47 Å². The van der Waals surface area contributed by atoms with Gasteiger partial charge in [0, 0.05) is 24.8 Å². The number of carbonyl (C=O) groups is 4. The molecule has 0 aromatic heterocycles. The van der Waals surface area contributed by atoms with Crippen molar-refractivity contribution >= 4 is 39.8 Å². The molecular formula is C16H27AlO8. The Labute approximate surface area is 157 Å². The third-order valence-electron chi connectivity index (χ3n) is 1.83. The molecule has 0 radical (unpaired) electrons. The molecule has 0 spiro atoms. The van der Waals surface area contributed by atoms with Crippen molar-refractivity contribution in [3.63, 3.8) is 0 Å². The van der Waals surface area contributed by atoms with Crippen molar-refractivity contribution in [2.24, 2.45) is 0 Å². The second-order valence-electron chi connectivity index (χ2n) is 5.54. The number of carboxylic acids is 2. The van der Waals surface area contributed by atoms with E-state index in [0.29, 0.717) is 0 Å². The van der Waals surface area contributed by atoms with E-state index in [1.54, 1.807) is 0 Å². The molecule has 0 saturated carbocycles. The first-order chi connectivity index (χ1) is 11.3. The number of hydrogen-bond donors (Lipinski definition) is 0. The Morgan fingerprint density at radius 1 is 0.800 bits per heavy atom. The van der Waals surface area contributed by atoms with Crippen LogP contribution >= 0.6 is 0 Å². The topological polar surface area (TPSA) is 133 Å². The van der Waals surface area contributed by atoms with Crippen LogP contribution in [0.15, 0.2) is 0 Å². The van der Waals surface area contributed by atoms with Crippen LogP contribution in [0.5, 0.6) is 0 Å². The van der Waals surface area contributed by atoms with Crippen molar-refractivity contribution in [3.05, 3.63) is 0 Å². The molecule has 8 nitrogen and oxygen atoms in total. The average Bonchev–Trinajstić information content (AvgIpc) is 2.34. The Bertz CT molecular complexity index is 347. The van der Waals surface area contributed by atoms with Gasteiger partial charge in [-0.05, 0) is 13.8 Å². The second-order valence-corrected chi connectivity index (χ2v) is 6.01. The fourth-order valence-corrected chi connectivity index (χ4v) is 1.38. The Kier molecular flexibility index (Phi) is 20.0. The fraction of sp³-hybridized carbons (Fsp3) is 0.750. The van der Waals surface area contributed by atoms with Gasteiger partial charge in [-0.25, -0.2) is 0 Å². The summed E-state index contributed by atoms with van der Waals surface area (Å²) in [6.07, 6.45) is -0.543. The summed E-state index contributed by atoms with van der Waals surface area (Å²) in [5.74, 6) is -3.37. The molecular weight excluding hydrogens is 347 g/mol. The van der Waals surface area contributed by atoms with Crippen LogP contribution in [-0.4, -0.2) is 58.3 Å². The summed E-state index contributed by atoms with van der Waals surface area (Å²) >= 11 is 2.62. The molecule has 0 aromatic carbocycles. The van der Waals surface area contributed by atoms with Gasteiger partial charge in [0.25, 0.3) is 0 Å². The molecule has 0 aromatic rings. The third-order valence-corrected chi connectivity index (χ3v) is 2.21. The summed E-state index contributed by atoms with van der Waals surface area (Å²) in [7, 11) is 0. The molecule has 0 amide bonds. The summed E-state index contributed by atoms with van der Waals surface area (Å²) in [5, 5.41) is 19.8. The summed E-state index contributed by atoms with van der Waals surface area (Å²) in [6.45, 7) is 10.5. The number of carbonyl (C=O) groups excluding carboxylic acids is 4. The first kappa shape index (κ1) is 28.5. The van der Waals surface area contributed by atoms with Gasteiger partial charge in [-0.2, -0.15) is 0 Å². The van der Waals surface area contributed by atoms with Gasteiger partial charge in [-0.1, -0.05) is 0 Å². The van der Waals surface area contributed by atoms with Crippen LogP contribution in [-0.2, 0) is 28.7 Å². The maximum absolute atomic E-state index is 9.83. The molecule has 9 heteroatoms. The second kappa shape index (κ2) is 17.6. The standard InChI is InChI=1S/C8H17O2.2C4H6O3.Al/c1-6(2)9-8(5)10-7(3)4;2*1-3(5)2-4(6)7;/h6-8H,5H2,1-4H3;2*2H2,1H3,(H,6,7);/q;;;+2/p-2. The van der Waals surface area contributed by atoms with Crippen LogP contribution < -0.4 is 10.2 Å². The first-order valence-electron chi connectivity index (χ1n) is 7.71. The number of ketones is 2. The van der Waals surface area contributed by atoms with Crippen molar-refractivity contribution in [3.8, 4) is 0 Å². The SMILES string of the molecule is CC(=O)CC(=O)[O-].CC(=O)CC(=O)[O-].CC(C)OC([CH2][Al+2])OC(C)C. The minimum absolute atomic E-state index is 0.0694. The van der Waals surface area contributed by atoms with Crippen molar-refractivity contribution < 1.29 is 38.9 Å². The van der Waals surface area contributed by atoms with E-state index in [1.807, 2.05) is 27.7 Å². The number of Topliss-reactive ketones (excluding diaryl/α,β-unsaturated/α-hetero) is 2. The normalized spacial score (nSPS) is 9.88. The molecule has 0 fully saturated rings. The average molecular weight is 374 g/mol. The van der Waals surface area contributed by atoms with Gasteiger partial charge in [0.15, 0.2) is 0 Å². The predicted octanol–water partition coefficient (Wildman–Crippen LogP) is -0.820. The molecule has 0 aliphatic rings. The van der Waals surface area contributed by atoms with Crippen molar-refractivity contribution in [1.82, 2.24) is 0 Å². The zero-order valence-corrected chi connectivity index (χ0v) is 16.9. The number of ether oxygens (including phenoxy) is 2. The maximum atomic E-state index is 9.83. The predicted molar refractivity (Wildman–Crippen MR) is 87.4 cm³/mol. The molecule has 25 heavy (non-hydrogen) atoms. The quantitative estimate of drug-likeness (QED) is 0.290. The fourth-order valence-electron chi connectivity index (χ4n) is 1.16. The van der Waals surface area contributed by atoms with Gasteiger partial charge in [0.2, 0.25) is 0 Å². The van der Waals surface area contributed by atoms with Gasteiger partial charge in [0.05, 0.1) is 0 Å². The van der Waals surface area contributed by atoms with Gasteiger partial charge >= 0.3 is 77.2 Å². The molecule has 0 N–H and O–H groups in total. The molecule has 142 valence electrons. The van der Waals surface area contributed by atoms with E-state index in [2.05, 4.69) is 16.3 Å². The molecule has 0 heterocycles. The zero-order chi connectivity index (χ0) is 20.6. The molecule has 0 rings (SSSR count).